The predicted octanol–water partition coefficient (Wildman–Crippen LogP) is 2.69. The first kappa shape index (κ1) is 11.8. The third kappa shape index (κ3) is 2.91. The molecule has 4 nitrogen and oxygen atoms in total. The van der Waals surface area contributed by atoms with Crippen molar-refractivity contribution in [3.63, 3.8) is 0 Å². The summed E-state index contributed by atoms with van der Waals surface area (Å²) in [5.74, 6) is 0.825. The van der Waals surface area contributed by atoms with E-state index in [0.29, 0.717) is 11.6 Å². The van der Waals surface area contributed by atoms with Crippen LogP contribution in [0.25, 0.3) is 0 Å². The first-order valence-electron chi connectivity index (χ1n) is 5.24. The van der Waals surface area contributed by atoms with Gasteiger partial charge in [-0.2, -0.15) is 5.10 Å². The van der Waals surface area contributed by atoms with E-state index in [9.17, 15) is 0 Å². The van der Waals surface area contributed by atoms with Gasteiger partial charge in [0.1, 0.15) is 5.75 Å². The summed E-state index contributed by atoms with van der Waals surface area (Å²) in [5, 5.41) is 8.05. The number of rotatable bonds is 4. The number of benzene rings is 1. The van der Waals surface area contributed by atoms with E-state index in [2.05, 4.69) is 10.4 Å². The predicted molar refractivity (Wildman–Crippen MR) is 68.5 cm³/mol. The number of hydrogen-bond acceptors (Lipinski definition) is 3. The molecule has 17 heavy (non-hydrogen) atoms. The number of methoxy groups -OCH3 is 1. The van der Waals surface area contributed by atoms with Gasteiger partial charge in [0.25, 0.3) is 0 Å². The first-order valence-corrected chi connectivity index (χ1v) is 5.62. The van der Waals surface area contributed by atoms with E-state index in [-0.39, 0.29) is 0 Å². The Morgan fingerprint density at radius 3 is 2.94 bits per heavy atom. The van der Waals surface area contributed by atoms with Crippen molar-refractivity contribution >= 4 is 17.3 Å². The van der Waals surface area contributed by atoms with Crippen LogP contribution >= 0.6 is 11.6 Å². The van der Waals surface area contributed by atoms with Crippen molar-refractivity contribution < 1.29 is 4.74 Å². The third-order valence-electron chi connectivity index (χ3n) is 2.43. The topological polar surface area (TPSA) is 39.1 Å². The molecule has 0 bridgehead atoms. The van der Waals surface area contributed by atoms with Gasteiger partial charge in [-0.1, -0.05) is 11.6 Å². The molecule has 2 rings (SSSR count). The Balaban J connectivity index is 2.10. The monoisotopic (exact) mass is 251 g/mol. The van der Waals surface area contributed by atoms with Gasteiger partial charge in [0.2, 0.25) is 0 Å². The average Bonchev–Trinajstić information content (AvgIpc) is 2.73. The lowest BCUT2D eigenvalue weighted by Crippen LogP contribution is -2.01. The average molecular weight is 252 g/mol. The highest BCUT2D eigenvalue weighted by molar-refractivity contribution is 6.30. The van der Waals surface area contributed by atoms with E-state index in [1.807, 2.05) is 31.4 Å². The highest BCUT2D eigenvalue weighted by atomic mass is 35.5. The summed E-state index contributed by atoms with van der Waals surface area (Å²) in [7, 11) is 3.53. The SMILES string of the molecule is COc1ccc(Cl)cc1CNc1cnn(C)c1. The van der Waals surface area contributed by atoms with Gasteiger partial charge >= 0.3 is 0 Å². The van der Waals surface area contributed by atoms with Gasteiger partial charge in [-0.15, -0.1) is 0 Å². The van der Waals surface area contributed by atoms with Crippen LogP contribution in [0.4, 0.5) is 5.69 Å². The van der Waals surface area contributed by atoms with E-state index in [1.165, 1.54) is 0 Å². The van der Waals surface area contributed by atoms with E-state index in [4.69, 9.17) is 16.3 Å². The van der Waals surface area contributed by atoms with Crippen LogP contribution in [0.1, 0.15) is 5.56 Å². The molecule has 0 radical (unpaired) electrons. The van der Waals surface area contributed by atoms with Crippen molar-refractivity contribution in [2.75, 3.05) is 12.4 Å². The zero-order chi connectivity index (χ0) is 12.3. The van der Waals surface area contributed by atoms with Crippen LogP contribution in [0, 0.1) is 0 Å². The summed E-state index contributed by atoms with van der Waals surface area (Å²) in [5.41, 5.74) is 1.98. The summed E-state index contributed by atoms with van der Waals surface area (Å²) >= 11 is 5.96. The molecule has 5 heteroatoms. The Morgan fingerprint density at radius 1 is 1.47 bits per heavy atom. The summed E-state index contributed by atoms with van der Waals surface area (Å²) in [6.45, 7) is 0.648. The van der Waals surface area contributed by atoms with E-state index in [1.54, 1.807) is 18.0 Å². The normalized spacial score (nSPS) is 10.3. The molecule has 1 aromatic heterocycles. The number of nitrogens with zero attached hydrogens (tertiary/aromatic N) is 2. The molecule has 0 fully saturated rings. The fourth-order valence-corrected chi connectivity index (χ4v) is 1.79. The maximum Gasteiger partial charge on any atom is 0.123 e. The molecule has 90 valence electrons. The number of hydrogen-bond donors (Lipinski definition) is 1. The molecule has 0 amide bonds. The van der Waals surface area contributed by atoms with Crippen molar-refractivity contribution in [1.82, 2.24) is 9.78 Å². The minimum absolute atomic E-state index is 0.648. The minimum Gasteiger partial charge on any atom is -0.496 e. The van der Waals surface area contributed by atoms with Crippen molar-refractivity contribution in [1.29, 1.82) is 0 Å². The van der Waals surface area contributed by atoms with Crippen molar-refractivity contribution in [3.8, 4) is 5.75 Å². The fourth-order valence-electron chi connectivity index (χ4n) is 1.60. The maximum absolute atomic E-state index is 5.96. The second-order valence-corrected chi connectivity index (χ2v) is 4.15. The van der Waals surface area contributed by atoms with Gasteiger partial charge in [-0.3, -0.25) is 4.68 Å². The van der Waals surface area contributed by atoms with Gasteiger partial charge in [0, 0.05) is 30.4 Å². The molecule has 0 spiro atoms. The molecule has 0 atom stereocenters. The van der Waals surface area contributed by atoms with E-state index in [0.717, 1.165) is 17.0 Å². The summed E-state index contributed by atoms with van der Waals surface area (Å²) in [6, 6.07) is 5.57. The third-order valence-corrected chi connectivity index (χ3v) is 2.67. The first-order chi connectivity index (χ1) is 8.19. The number of nitrogens with one attached hydrogen (secondary N) is 1. The lowest BCUT2D eigenvalue weighted by Gasteiger charge is -2.09. The van der Waals surface area contributed by atoms with Crippen LogP contribution in [-0.2, 0) is 13.6 Å². The molecule has 1 N–H and O–H groups in total. The Morgan fingerprint density at radius 2 is 2.29 bits per heavy atom. The lowest BCUT2D eigenvalue weighted by atomic mass is 10.2. The van der Waals surface area contributed by atoms with Crippen LogP contribution in [0.2, 0.25) is 5.02 Å². The van der Waals surface area contributed by atoms with Gasteiger partial charge in [-0.25, -0.2) is 0 Å². The lowest BCUT2D eigenvalue weighted by molar-refractivity contribution is 0.410. The summed E-state index contributed by atoms with van der Waals surface area (Å²) in [4.78, 5) is 0. The van der Waals surface area contributed by atoms with Crippen molar-refractivity contribution in [2.45, 2.75) is 6.54 Å². The standard InChI is InChI=1S/C12H14ClN3O/c1-16-8-11(7-15-16)14-6-9-5-10(13)3-4-12(9)17-2/h3-5,7-8,14H,6H2,1-2H3. The number of halogens is 1. The van der Waals surface area contributed by atoms with Crippen molar-refractivity contribution in [3.05, 3.63) is 41.2 Å². The quantitative estimate of drug-likeness (QED) is 0.908. The molecule has 1 aromatic carbocycles. The van der Waals surface area contributed by atoms with Gasteiger partial charge < -0.3 is 10.1 Å². The minimum atomic E-state index is 0.648. The number of anilines is 1. The van der Waals surface area contributed by atoms with Gasteiger partial charge in [0.15, 0.2) is 0 Å². The second kappa shape index (κ2) is 5.10. The largest absolute Gasteiger partial charge is 0.496 e. The fraction of sp³-hybridized carbons (Fsp3) is 0.250. The van der Waals surface area contributed by atoms with E-state index < -0.39 is 0 Å². The van der Waals surface area contributed by atoms with Crippen LogP contribution in [0.5, 0.6) is 5.75 Å². The molecule has 0 unspecified atom stereocenters. The molecule has 0 saturated carbocycles. The number of ether oxygens (including phenoxy) is 1. The summed E-state index contributed by atoms with van der Waals surface area (Å²) in [6.07, 6.45) is 3.69. The van der Waals surface area contributed by atoms with Crippen LogP contribution < -0.4 is 10.1 Å². The Bertz CT molecular complexity index is 510. The zero-order valence-electron chi connectivity index (χ0n) is 9.77. The molecule has 0 aliphatic heterocycles. The molecule has 0 aliphatic carbocycles. The Kier molecular flexibility index (Phi) is 3.54. The molecular weight excluding hydrogens is 238 g/mol. The number of aromatic nitrogens is 2. The Hall–Kier alpha value is -1.68. The highest BCUT2D eigenvalue weighted by Gasteiger charge is 2.04. The van der Waals surface area contributed by atoms with Crippen LogP contribution in [0.3, 0.4) is 0 Å². The molecule has 0 saturated heterocycles. The Labute approximate surface area is 105 Å². The maximum atomic E-state index is 5.96. The smallest absolute Gasteiger partial charge is 0.123 e. The zero-order valence-corrected chi connectivity index (χ0v) is 10.5. The summed E-state index contributed by atoms with van der Waals surface area (Å²) < 4.78 is 7.02. The molecule has 0 aliphatic rings. The number of aryl methyl sites for hydroxylation is 1. The van der Waals surface area contributed by atoms with Gasteiger partial charge in [-0.05, 0) is 18.2 Å². The molecular formula is C12H14ClN3O. The van der Waals surface area contributed by atoms with Crippen LogP contribution in [-0.4, -0.2) is 16.9 Å². The molecule has 1 heterocycles. The van der Waals surface area contributed by atoms with Gasteiger partial charge in [0.05, 0.1) is 19.0 Å². The van der Waals surface area contributed by atoms with E-state index >= 15 is 0 Å². The van der Waals surface area contributed by atoms with Crippen LogP contribution in [0.15, 0.2) is 30.6 Å². The van der Waals surface area contributed by atoms with Crippen molar-refractivity contribution in [2.24, 2.45) is 7.05 Å². The molecule has 2 aromatic rings. The highest BCUT2D eigenvalue weighted by Crippen LogP contribution is 2.23. The second-order valence-electron chi connectivity index (χ2n) is 3.71.